The quantitative estimate of drug-likeness (QED) is 0.916. The predicted octanol–water partition coefficient (Wildman–Crippen LogP) is 2.33. The Hall–Kier alpha value is -1.89. The normalized spacial score (nSPS) is 13.6. The van der Waals surface area contributed by atoms with E-state index in [4.69, 9.17) is 5.73 Å². The Morgan fingerprint density at radius 3 is 2.44 bits per heavy atom. The van der Waals surface area contributed by atoms with Crippen molar-refractivity contribution < 1.29 is 17.7 Å². The second-order valence-electron chi connectivity index (χ2n) is 3.75. The zero-order valence-electron chi connectivity index (χ0n) is 9.19. The molecule has 0 unspecified atom stereocenters. The molecule has 0 spiro atoms. The Morgan fingerprint density at radius 1 is 1.22 bits per heavy atom. The van der Waals surface area contributed by atoms with E-state index in [-0.39, 0.29) is 5.89 Å². The van der Waals surface area contributed by atoms with E-state index in [0.29, 0.717) is 6.42 Å². The van der Waals surface area contributed by atoms with Gasteiger partial charge in [-0.3, -0.25) is 0 Å². The van der Waals surface area contributed by atoms with E-state index in [0.717, 1.165) is 5.56 Å². The third-order valence-corrected chi connectivity index (χ3v) is 2.31. The molecule has 7 heteroatoms. The van der Waals surface area contributed by atoms with E-state index in [1.54, 1.807) is 0 Å². The molecule has 96 valence electrons. The molecule has 1 aromatic heterocycles. The van der Waals surface area contributed by atoms with Gasteiger partial charge in [0.05, 0.1) is 6.04 Å². The fourth-order valence-corrected chi connectivity index (χ4v) is 1.46. The Bertz CT molecular complexity index is 510. The van der Waals surface area contributed by atoms with Crippen LogP contribution in [0.2, 0.25) is 0 Å². The van der Waals surface area contributed by atoms with Crippen molar-refractivity contribution in [2.75, 3.05) is 0 Å². The summed E-state index contributed by atoms with van der Waals surface area (Å²) >= 11 is 0. The van der Waals surface area contributed by atoms with Crippen LogP contribution >= 0.6 is 0 Å². The Kier molecular flexibility index (Phi) is 3.33. The topological polar surface area (TPSA) is 64.9 Å². The van der Waals surface area contributed by atoms with Crippen LogP contribution in [0.4, 0.5) is 13.2 Å². The molecule has 1 aromatic carbocycles. The highest BCUT2D eigenvalue weighted by atomic mass is 19.4. The molecule has 0 fully saturated rings. The van der Waals surface area contributed by atoms with Crippen LogP contribution < -0.4 is 5.73 Å². The van der Waals surface area contributed by atoms with Gasteiger partial charge in [-0.25, -0.2) is 0 Å². The van der Waals surface area contributed by atoms with Gasteiger partial charge >= 0.3 is 6.18 Å². The first-order valence-corrected chi connectivity index (χ1v) is 5.17. The highest BCUT2D eigenvalue weighted by Gasteiger charge is 2.37. The van der Waals surface area contributed by atoms with Gasteiger partial charge in [-0.05, 0) is 12.0 Å². The zero-order chi connectivity index (χ0) is 13.2. The Balaban J connectivity index is 2.10. The number of benzene rings is 1. The molecule has 4 nitrogen and oxygen atoms in total. The largest absolute Gasteiger partial charge is 0.455 e. The van der Waals surface area contributed by atoms with Crippen molar-refractivity contribution in [2.24, 2.45) is 5.73 Å². The summed E-state index contributed by atoms with van der Waals surface area (Å²) in [6.45, 7) is 0. The SMILES string of the molecule is N[C@@H](Cc1ccccc1)c1nc(C(F)(F)F)no1. The summed E-state index contributed by atoms with van der Waals surface area (Å²) in [6, 6.07) is 8.36. The number of hydrogen-bond acceptors (Lipinski definition) is 4. The van der Waals surface area contributed by atoms with Gasteiger partial charge in [0.15, 0.2) is 0 Å². The zero-order valence-corrected chi connectivity index (χ0v) is 9.19. The monoisotopic (exact) mass is 257 g/mol. The summed E-state index contributed by atoms with van der Waals surface area (Å²) in [5.74, 6) is -1.52. The first-order valence-electron chi connectivity index (χ1n) is 5.17. The Labute approximate surface area is 101 Å². The van der Waals surface area contributed by atoms with E-state index in [1.807, 2.05) is 30.3 Å². The molecule has 0 aliphatic heterocycles. The van der Waals surface area contributed by atoms with Crippen molar-refractivity contribution in [3.63, 3.8) is 0 Å². The maximum Gasteiger partial charge on any atom is 0.455 e. The number of halogens is 3. The number of nitrogens with zero attached hydrogens (tertiary/aromatic N) is 2. The average molecular weight is 257 g/mol. The molecule has 1 heterocycles. The van der Waals surface area contributed by atoms with Gasteiger partial charge in [-0.15, -0.1) is 0 Å². The third-order valence-electron chi connectivity index (χ3n) is 2.31. The lowest BCUT2D eigenvalue weighted by Crippen LogP contribution is -2.14. The van der Waals surface area contributed by atoms with Gasteiger partial charge in [-0.1, -0.05) is 35.5 Å². The maximum absolute atomic E-state index is 12.3. The molecule has 2 N–H and O–H groups in total. The van der Waals surface area contributed by atoms with Gasteiger partial charge < -0.3 is 10.3 Å². The van der Waals surface area contributed by atoms with Crippen LogP contribution in [0.25, 0.3) is 0 Å². The molecule has 18 heavy (non-hydrogen) atoms. The van der Waals surface area contributed by atoms with Crippen molar-refractivity contribution in [1.29, 1.82) is 0 Å². The molecule has 0 aliphatic carbocycles. The average Bonchev–Trinajstić information content (AvgIpc) is 2.79. The molecule has 0 saturated carbocycles. The van der Waals surface area contributed by atoms with Crippen LogP contribution in [-0.2, 0) is 12.6 Å². The molecular weight excluding hydrogens is 247 g/mol. The van der Waals surface area contributed by atoms with Crippen LogP contribution in [0, 0.1) is 0 Å². The predicted molar refractivity (Wildman–Crippen MR) is 56.4 cm³/mol. The third kappa shape index (κ3) is 2.86. The second kappa shape index (κ2) is 4.77. The summed E-state index contributed by atoms with van der Waals surface area (Å²) in [4.78, 5) is 3.25. The molecular formula is C11H10F3N3O. The lowest BCUT2D eigenvalue weighted by molar-refractivity contribution is -0.146. The lowest BCUT2D eigenvalue weighted by Gasteiger charge is -2.06. The van der Waals surface area contributed by atoms with E-state index in [9.17, 15) is 13.2 Å². The number of alkyl halides is 3. The minimum atomic E-state index is -4.62. The van der Waals surface area contributed by atoms with Crippen molar-refractivity contribution in [1.82, 2.24) is 10.1 Å². The standard InChI is InChI=1S/C11H10F3N3O/c12-11(13,14)10-16-9(18-17-10)8(15)6-7-4-2-1-3-5-7/h1-5,8H,6,15H2/t8-/m0/s1. The summed E-state index contributed by atoms with van der Waals surface area (Å²) in [5.41, 5.74) is 6.61. The first kappa shape index (κ1) is 12.6. The molecule has 1 atom stereocenters. The van der Waals surface area contributed by atoms with Gasteiger partial charge in [-0.2, -0.15) is 18.2 Å². The van der Waals surface area contributed by atoms with E-state index < -0.39 is 18.0 Å². The van der Waals surface area contributed by atoms with Crippen molar-refractivity contribution >= 4 is 0 Å². The van der Waals surface area contributed by atoms with Crippen molar-refractivity contribution in [3.8, 4) is 0 Å². The van der Waals surface area contributed by atoms with Crippen LogP contribution in [0.5, 0.6) is 0 Å². The smallest absolute Gasteiger partial charge is 0.337 e. The maximum atomic E-state index is 12.3. The van der Waals surface area contributed by atoms with Crippen molar-refractivity contribution in [2.45, 2.75) is 18.6 Å². The fraction of sp³-hybridized carbons (Fsp3) is 0.273. The molecule has 0 amide bonds. The summed E-state index contributed by atoms with van der Waals surface area (Å²) in [6.07, 6.45) is -4.28. The number of rotatable bonds is 3. The van der Waals surface area contributed by atoms with Gasteiger partial charge in [0.1, 0.15) is 0 Å². The number of aromatic nitrogens is 2. The van der Waals surface area contributed by atoms with Crippen LogP contribution in [0.1, 0.15) is 23.3 Å². The van der Waals surface area contributed by atoms with Gasteiger partial charge in [0.25, 0.3) is 5.82 Å². The number of nitrogens with two attached hydrogens (primary N) is 1. The van der Waals surface area contributed by atoms with E-state index in [2.05, 4.69) is 14.7 Å². The minimum absolute atomic E-state index is 0.217. The minimum Gasteiger partial charge on any atom is -0.337 e. The number of hydrogen-bond donors (Lipinski definition) is 1. The van der Waals surface area contributed by atoms with Crippen molar-refractivity contribution in [3.05, 3.63) is 47.6 Å². The summed E-state index contributed by atoms with van der Waals surface area (Å²) in [7, 11) is 0. The fourth-order valence-electron chi connectivity index (χ4n) is 1.46. The highest BCUT2D eigenvalue weighted by molar-refractivity contribution is 5.16. The van der Waals surface area contributed by atoms with Crippen LogP contribution in [-0.4, -0.2) is 10.1 Å². The first-order chi connectivity index (χ1) is 8.47. The summed E-state index contributed by atoms with van der Waals surface area (Å²) in [5, 5.41) is 2.86. The van der Waals surface area contributed by atoms with Crippen LogP contribution in [0.15, 0.2) is 34.9 Å². The molecule has 0 bridgehead atoms. The summed E-state index contributed by atoms with van der Waals surface area (Å²) < 4.78 is 41.3. The molecule has 0 aliphatic rings. The van der Waals surface area contributed by atoms with E-state index >= 15 is 0 Å². The highest BCUT2D eigenvalue weighted by Crippen LogP contribution is 2.27. The lowest BCUT2D eigenvalue weighted by atomic mass is 10.1. The molecule has 0 radical (unpaired) electrons. The van der Waals surface area contributed by atoms with E-state index in [1.165, 1.54) is 0 Å². The van der Waals surface area contributed by atoms with Gasteiger partial charge in [0, 0.05) is 0 Å². The molecule has 2 rings (SSSR count). The van der Waals surface area contributed by atoms with Gasteiger partial charge in [0.2, 0.25) is 5.89 Å². The van der Waals surface area contributed by atoms with Crippen LogP contribution in [0.3, 0.4) is 0 Å². The molecule has 2 aromatic rings. The molecule has 0 saturated heterocycles. The Morgan fingerprint density at radius 2 is 1.89 bits per heavy atom. The second-order valence-corrected chi connectivity index (χ2v) is 3.75.